The maximum Gasteiger partial charge on any atom is 0.296 e. The van der Waals surface area contributed by atoms with Gasteiger partial charge in [-0.05, 0) is 19.1 Å². The standard InChI is InChI=1S/C9H11N3O4/c1-5(10)9(14)11-7-3-2-6(13)4-8(7)12(15)16/h2-5,13H,10H2,1H3,(H,11,14). The van der Waals surface area contributed by atoms with E-state index in [0.717, 1.165) is 6.07 Å². The van der Waals surface area contributed by atoms with Gasteiger partial charge in [-0.1, -0.05) is 0 Å². The van der Waals surface area contributed by atoms with Gasteiger partial charge >= 0.3 is 0 Å². The summed E-state index contributed by atoms with van der Waals surface area (Å²) in [6, 6.07) is 2.67. The third-order valence-corrected chi connectivity index (χ3v) is 1.85. The van der Waals surface area contributed by atoms with E-state index in [-0.39, 0.29) is 17.1 Å². The Morgan fingerprint density at radius 3 is 2.75 bits per heavy atom. The van der Waals surface area contributed by atoms with Crippen LogP contribution < -0.4 is 11.1 Å². The topological polar surface area (TPSA) is 118 Å². The minimum atomic E-state index is -0.770. The number of hydrogen-bond donors (Lipinski definition) is 3. The zero-order chi connectivity index (χ0) is 12.3. The van der Waals surface area contributed by atoms with E-state index in [2.05, 4.69) is 5.32 Å². The third-order valence-electron chi connectivity index (χ3n) is 1.85. The maximum absolute atomic E-state index is 11.3. The zero-order valence-corrected chi connectivity index (χ0v) is 8.51. The number of nitrogens with zero attached hydrogens (tertiary/aromatic N) is 1. The molecule has 0 heterocycles. The highest BCUT2D eigenvalue weighted by Gasteiger charge is 2.17. The lowest BCUT2D eigenvalue weighted by molar-refractivity contribution is -0.384. The van der Waals surface area contributed by atoms with Gasteiger partial charge in [0.05, 0.1) is 17.0 Å². The van der Waals surface area contributed by atoms with E-state index in [1.807, 2.05) is 0 Å². The van der Waals surface area contributed by atoms with Crippen LogP contribution in [0.25, 0.3) is 0 Å². The molecule has 0 bridgehead atoms. The molecule has 1 atom stereocenters. The van der Waals surface area contributed by atoms with Crippen molar-refractivity contribution >= 4 is 17.3 Å². The molecule has 1 aromatic rings. The summed E-state index contributed by atoms with van der Waals surface area (Å²) in [5.74, 6) is -0.778. The highest BCUT2D eigenvalue weighted by Crippen LogP contribution is 2.28. The summed E-state index contributed by atoms with van der Waals surface area (Å²) in [7, 11) is 0. The summed E-state index contributed by atoms with van der Waals surface area (Å²) in [5, 5.41) is 22.0. The van der Waals surface area contributed by atoms with E-state index in [0.29, 0.717) is 0 Å². The van der Waals surface area contributed by atoms with Crippen molar-refractivity contribution in [2.24, 2.45) is 5.73 Å². The Balaban J connectivity index is 3.04. The summed E-state index contributed by atoms with van der Waals surface area (Å²) in [6.07, 6.45) is 0. The number of nitrogens with two attached hydrogens (primary N) is 1. The molecule has 4 N–H and O–H groups in total. The molecule has 1 rings (SSSR count). The van der Waals surface area contributed by atoms with Crippen LogP contribution in [0.15, 0.2) is 18.2 Å². The van der Waals surface area contributed by atoms with E-state index in [1.165, 1.54) is 19.1 Å². The molecule has 16 heavy (non-hydrogen) atoms. The predicted molar refractivity (Wildman–Crippen MR) is 57.0 cm³/mol. The number of aromatic hydroxyl groups is 1. The summed E-state index contributed by atoms with van der Waals surface area (Å²) in [5.41, 5.74) is 4.93. The van der Waals surface area contributed by atoms with Crippen molar-refractivity contribution < 1.29 is 14.8 Å². The van der Waals surface area contributed by atoms with Crippen molar-refractivity contribution in [3.63, 3.8) is 0 Å². The van der Waals surface area contributed by atoms with E-state index >= 15 is 0 Å². The van der Waals surface area contributed by atoms with Crippen LogP contribution in [0.1, 0.15) is 6.92 Å². The molecule has 86 valence electrons. The van der Waals surface area contributed by atoms with Crippen molar-refractivity contribution in [1.82, 2.24) is 0 Å². The number of nitrogens with one attached hydrogen (secondary N) is 1. The first-order valence-corrected chi connectivity index (χ1v) is 4.45. The lowest BCUT2D eigenvalue weighted by Crippen LogP contribution is -2.32. The van der Waals surface area contributed by atoms with E-state index in [1.54, 1.807) is 0 Å². The third kappa shape index (κ3) is 2.67. The van der Waals surface area contributed by atoms with Crippen molar-refractivity contribution in [3.8, 4) is 5.75 Å². The molecule has 0 saturated heterocycles. The van der Waals surface area contributed by atoms with Crippen LogP contribution in [0.4, 0.5) is 11.4 Å². The van der Waals surface area contributed by atoms with Gasteiger partial charge in [0.1, 0.15) is 11.4 Å². The van der Waals surface area contributed by atoms with Crippen LogP contribution >= 0.6 is 0 Å². The van der Waals surface area contributed by atoms with Crippen molar-refractivity contribution in [2.45, 2.75) is 13.0 Å². The molecule has 0 radical (unpaired) electrons. The lowest BCUT2D eigenvalue weighted by Gasteiger charge is -2.08. The Morgan fingerprint density at radius 2 is 2.25 bits per heavy atom. The molecule has 0 fully saturated rings. The number of rotatable bonds is 3. The molecule has 0 saturated carbocycles. The van der Waals surface area contributed by atoms with E-state index < -0.39 is 16.9 Å². The fourth-order valence-electron chi connectivity index (χ4n) is 1.02. The molecule has 1 amide bonds. The fraction of sp³-hybridized carbons (Fsp3) is 0.222. The van der Waals surface area contributed by atoms with E-state index in [9.17, 15) is 14.9 Å². The molecule has 1 unspecified atom stereocenters. The van der Waals surface area contributed by atoms with Gasteiger partial charge in [-0.15, -0.1) is 0 Å². The van der Waals surface area contributed by atoms with Crippen molar-refractivity contribution in [1.29, 1.82) is 0 Å². The second-order valence-corrected chi connectivity index (χ2v) is 3.24. The predicted octanol–water partition coefficient (Wildman–Crippen LogP) is 0.586. The number of nitro benzene ring substituents is 1. The first-order chi connectivity index (χ1) is 7.41. The molecule has 0 aliphatic heterocycles. The molecule has 0 spiro atoms. The van der Waals surface area contributed by atoms with Crippen LogP contribution in [-0.2, 0) is 4.79 Å². The SMILES string of the molecule is CC(N)C(=O)Nc1ccc(O)cc1[N+](=O)[O-]. The Hall–Kier alpha value is -2.15. The molecular formula is C9H11N3O4. The summed E-state index contributed by atoms with van der Waals surface area (Å²) < 4.78 is 0. The summed E-state index contributed by atoms with van der Waals surface area (Å²) >= 11 is 0. The van der Waals surface area contributed by atoms with Crippen molar-refractivity contribution in [3.05, 3.63) is 28.3 Å². The van der Waals surface area contributed by atoms with Gasteiger partial charge in [-0.2, -0.15) is 0 Å². The minimum Gasteiger partial charge on any atom is -0.508 e. The number of amides is 1. The first-order valence-electron chi connectivity index (χ1n) is 4.45. The number of phenols is 1. The molecule has 7 nitrogen and oxygen atoms in total. The summed E-state index contributed by atoms with van der Waals surface area (Å²) in [4.78, 5) is 21.2. The first kappa shape index (κ1) is 11.9. The van der Waals surface area contributed by atoms with Crippen LogP contribution in [0.5, 0.6) is 5.75 Å². The Bertz CT molecular complexity index is 431. The number of phenolic OH excluding ortho intramolecular Hbond substituents is 1. The number of benzene rings is 1. The average Bonchev–Trinajstić information content (AvgIpc) is 2.20. The van der Waals surface area contributed by atoms with E-state index in [4.69, 9.17) is 10.8 Å². The van der Waals surface area contributed by atoms with Crippen molar-refractivity contribution in [2.75, 3.05) is 5.32 Å². The minimum absolute atomic E-state index is 0.00472. The van der Waals surface area contributed by atoms with Gasteiger partial charge in [0.2, 0.25) is 5.91 Å². The van der Waals surface area contributed by atoms with Crippen LogP contribution in [-0.4, -0.2) is 22.0 Å². The molecule has 7 heteroatoms. The van der Waals surface area contributed by atoms with Gasteiger partial charge in [0.25, 0.3) is 5.69 Å². The van der Waals surface area contributed by atoms with Gasteiger partial charge in [0.15, 0.2) is 0 Å². The second kappa shape index (κ2) is 4.58. The molecule has 0 aromatic heterocycles. The van der Waals surface area contributed by atoms with Crippen LogP contribution in [0.2, 0.25) is 0 Å². The Labute approximate surface area is 91.0 Å². The van der Waals surface area contributed by atoms with Crippen LogP contribution in [0.3, 0.4) is 0 Å². The number of carbonyl (C=O) groups excluding carboxylic acids is 1. The Kier molecular flexibility index (Phi) is 3.41. The normalized spacial score (nSPS) is 11.9. The van der Waals surface area contributed by atoms with Gasteiger partial charge in [0, 0.05) is 0 Å². The van der Waals surface area contributed by atoms with Gasteiger partial charge in [-0.25, -0.2) is 0 Å². The largest absolute Gasteiger partial charge is 0.508 e. The highest BCUT2D eigenvalue weighted by molar-refractivity contribution is 5.96. The number of nitro groups is 1. The molecule has 1 aromatic carbocycles. The number of hydrogen-bond acceptors (Lipinski definition) is 5. The summed E-state index contributed by atoms with van der Waals surface area (Å²) in [6.45, 7) is 1.46. The maximum atomic E-state index is 11.3. The van der Waals surface area contributed by atoms with Crippen LogP contribution in [0, 0.1) is 10.1 Å². The zero-order valence-electron chi connectivity index (χ0n) is 8.51. The lowest BCUT2D eigenvalue weighted by atomic mass is 10.2. The second-order valence-electron chi connectivity index (χ2n) is 3.24. The molecule has 0 aliphatic rings. The molecular weight excluding hydrogens is 214 g/mol. The monoisotopic (exact) mass is 225 g/mol. The fourth-order valence-corrected chi connectivity index (χ4v) is 1.02. The average molecular weight is 225 g/mol. The highest BCUT2D eigenvalue weighted by atomic mass is 16.6. The Morgan fingerprint density at radius 1 is 1.62 bits per heavy atom. The quantitative estimate of drug-likeness (QED) is 0.395. The smallest absolute Gasteiger partial charge is 0.296 e. The number of carbonyl (C=O) groups is 1. The number of anilines is 1. The van der Waals surface area contributed by atoms with Gasteiger partial charge < -0.3 is 16.2 Å². The van der Waals surface area contributed by atoms with Gasteiger partial charge in [-0.3, -0.25) is 14.9 Å². The molecule has 0 aliphatic carbocycles.